The number of likely N-dealkylation sites (tertiary alicyclic amines) is 1. The summed E-state index contributed by atoms with van der Waals surface area (Å²) >= 11 is 0. The Balaban J connectivity index is 1.58. The molecule has 0 unspecified atom stereocenters. The van der Waals surface area contributed by atoms with Gasteiger partial charge in [-0.3, -0.25) is 4.79 Å². The third-order valence-electron chi connectivity index (χ3n) is 4.39. The molecule has 0 spiro atoms. The fourth-order valence-corrected chi connectivity index (χ4v) is 3.22. The summed E-state index contributed by atoms with van der Waals surface area (Å²) in [6.07, 6.45) is 7.52. The lowest BCUT2D eigenvalue weighted by atomic mass is 10.0. The lowest BCUT2D eigenvalue weighted by Crippen LogP contribution is -2.40. The van der Waals surface area contributed by atoms with Crippen LogP contribution in [-0.2, 0) is 0 Å². The predicted molar refractivity (Wildman–Crippen MR) is 85.3 cm³/mol. The van der Waals surface area contributed by atoms with Crippen molar-refractivity contribution in [2.24, 2.45) is 0 Å². The molecular weight excluding hydrogens is 294 g/mol. The summed E-state index contributed by atoms with van der Waals surface area (Å²) in [4.78, 5) is 35.4. The third-order valence-corrected chi connectivity index (χ3v) is 4.39. The van der Waals surface area contributed by atoms with Crippen LogP contribution in [0.25, 0.3) is 11.0 Å². The third kappa shape index (κ3) is 2.54. The van der Waals surface area contributed by atoms with Crippen molar-refractivity contribution >= 4 is 16.9 Å². The second-order valence-electron chi connectivity index (χ2n) is 5.90. The topological polar surface area (TPSA) is 86.8 Å². The number of benzene rings is 1. The molecule has 1 aromatic carbocycles. The Morgan fingerprint density at radius 3 is 2.96 bits per heavy atom. The Morgan fingerprint density at radius 2 is 2.13 bits per heavy atom. The van der Waals surface area contributed by atoms with Crippen LogP contribution < -0.4 is 5.69 Å². The average Bonchev–Trinajstić information content (AvgIpc) is 3.22. The molecule has 2 N–H and O–H groups in total. The molecule has 0 aliphatic carbocycles. The molecule has 23 heavy (non-hydrogen) atoms. The van der Waals surface area contributed by atoms with E-state index < -0.39 is 0 Å². The SMILES string of the molecule is O=C(c1ccc2[nH]c(=O)[nH]c2c1)N1CCC[C@H](n2ccnc2)C1. The summed E-state index contributed by atoms with van der Waals surface area (Å²) in [5.41, 5.74) is 1.70. The van der Waals surface area contributed by atoms with Gasteiger partial charge in [0.05, 0.1) is 23.4 Å². The normalized spacial score (nSPS) is 18.4. The Labute approximate surface area is 132 Å². The molecule has 0 radical (unpaired) electrons. The van der Waals surface area contributed by atoms with Gasteiger partial charge in [0, 0.05) is 31.0 Å². The Bertz CT molecular complexity index is 893. The van der Waals surface area contributed by atoms with Crippen molar-refractivity contribution in [1.29, 1.82) is 0 Å². The first-order valence-corrected chi connectivity index (χ1v) is 7.69. The number of piperidine rings is 1. The Hall–Kier alpha value is -2.83. The minimum absolute atomic E-state index is 0.00114. The molecule has 1 fully saturated rings. The van der Waals surface area contributed by atoms with Gasteiger partial charge in [-0.2, -0.15) is 0 Å². The molecule has 3 heterocycles. The maximum absolute atomic E-state index is 12.8. The van der Waals surface area contributed by atoms with Crippen molar-refractivity contribution in [2.45, 2.75) is 18.9 Å². The fraction of sp³-hybridized carbons (Fsp3) is 0.312. The first-order chi connectivity index (χ1) is 11.2. The van der Waals surface area contributed by atoms with Crippen LogP contribution in [0, 0.1) is 0 Å². The Kier molecular flexibility index (Phi) is 3.25. The number of imidazole rings is 2. The molecule has 1 amide bonds. The number of rotatable bonds is 2. The van der Waals surface area contributed by atoms with E-state index in [1.807, 2.05) is 11.1 Å². The van der Waals surface area contributed by atoms with Gasteiger partial charge in [0.15, 0.2) is 0 Å². The Morgan fingerprint density at radius 1 is 1.26 bits per heavy atom. The summed E-state index contributed by atoms with van der Waals surface area (Å²) in [6.45, 7) is 1.43. The molecule has 1 saturated heterocycles. The number of H-pyrrole nitrogens is 2. The van der Waals surface area contributed by atoms with E-state index in [0.29, 0.717) is 23.1 Å². The smallest absolute Gasteiger partial charge is 0.323 e. The summed E-state index contributed by atoms with van der Waals surface area (Å²) < 4.78 is 2.06. The average molecular weight is 311 g/mol. The number of fused-ring (bicyclic) bond motifs is 1. The first kappa shape index (κ1) is 13.8. The maximum atomic E-state index is 12.8. The number of carbonyl (C=O) groups is 1. The number of amides is 1. The molecule has 1 aliphatic heterocycles. The van der Waals surface area contributed by atoms with Crippen LogP contribution in [0.1, 0.15) is 29.2 Å². The van der Waals surface area contributed by atoms with E-state index in [4.69, 9.17) is 0 Å². The quantitative estimate of drug-likeness (QED) is 0.752. The van der Waals surface area contributed by atoms with Gasteiger partial charge in [0.2, 0.25) is 0 Å². The number of hydrogen-bond acceptors (Lipinski definition) is 3. The second-order valence-corrected chi connectivity index (χ2v) is 5.90. The maximum Gasteiger partial charge on any atom is 0.323 e. The van der Waals surface area contributed by atoms with E-state index in [2.05, 4.69) is 19.5 Å². The van der Waals surface area contributed by atoms with Crippen molar-refractivity contribution < 1.29 is 4.79 Å². The van der Waals surface area contributed by atoms with Gasteiger partial charge in [-0.25, -0.2) is 9.78 Å². The number of nitrogens with one attached hydrogen (secondary N) is 2. The van der Waals surface area contributed by atoms with Crippen molar-refractivity contribution in [2.75, 3.05) is 13.1 Å². The molecule has 118 valence electrons. The predicted octanol–water partition coefficient (Wildman–Crippen LogP) is 1.53. The van der Waals surface area contributed by atoms with Crippen LogP contribution in [0.5, 0.6) is 0 Å². The second kappa shape index (κ2) is 5.42. The highest BCUT2D eigenvalue weighted by Gasteiger charge is 2.25. The molecule has 7 heteroatoms. The molecule has 7 nitrogen and oxygen atoms in total. The van der Waals surface area contributed by atoms with Crippen LogP contribution >= 0.6 is 0 Å². The summed E-state index contributed by atoms with van der Waals surface area (Å²) in [5, 5.41) is 0. The first-order valence-electron chi connectivity index (χ1n) is 7.69. The zero-order chi connectivity index (χ0) is 15.8. The van der Waals surface area contributed by atoms with Gasteiger partial charge < -0.3 is 19.4 Å². The van der Waals surface area contributed by atoms with Crippen molar-refractivity contribution in [3.8, 4) is 0 Å². The molecule has 4 rings (SSSR count). The molecule has 3 aromatic rings. The minimum Gasteiger partial charge on any atom is -0.337 e. The zero-order valence-electron chi connectivity index (χ0n) is 12.5. The molecule has 1 aliphatic rings. The van der Waals surface area contributed by atoms with E-state index in [0.717, 1.165) is 19.4 Å². The summed E-state index contributed by atoms with van der Waals surface area (Å²) in [5.74, 6) is -0.00114. The van der Waals surface area contributed by atoms with Gasteiger partial charge in [0.25, 0.3) is 5.91 Å². The highest BCUT2D eigenvalue weighted by Crippen LogP contribution is 2.23. The summed E-state index contributed by atoms with van der Waals surface area (Å²) in [7, 11) is 0. The van der Waals surface area contributed by atoms with Gasteiger partial charge >= 0.3 is 5.69 Å². The monoisotopic (exact) mass is 311 g/mol. The number of aromatic nitrogens is 4. The summed E-state index contributed by atoms with van der Waals surface area (Å²) in [6, 6.07) is 5.52. The van der Waals surface area contributed by atoms with Gasteiger partial charge in [-0.05, 0) is 31.0 Å². The van der Waals surface area contributed by atoms with Crippen LogP contribution in [0.2, 0.25) is 0 Å². The minimum atomic E-state index is -0.261. The molecule has 0 saturated carbocycles. The lowest BCUT2D eigenvalue weighted by molar-refractivity contribution is 0.0679. The number of hydrogen-bond donors (Lipinski definition) is 2. The van der Waals surface area contributed by atoms with Gasteiger partial charge in [-0.1, -0.05) is 0 Å². The lowest BCUT2D eigenvalue weighted by Gasteiger charge is -2.33. The molecule has 2 aromatic heterocycles. The van der Waals surface area contributed by atoms with Crippen LogP contribution in [0.3, 0.4) is 0 Å². The molecule has 0 bridgehead atoms. The molecule has 1 atom stereocenters. The van der Waals surface area contributed by atoms with E-state index in [-0.39, 0.29) is 17.6 Å². The number of nitrogens with zero attached hydrogens (tertiary/aromatic N) is 3. The van der Waals surface area contributed by atoms with E-state index in [1.165, 1.54) is 0 Å². The largest absolute Gasteiger partial charge is 0.337 e. The van der Waals surface area contributed by atoms with Crippen LogP contribution in [0.15, 0.2) is 41.7 Å². The van der Waals surface area contributed by atoms with Crippen LogP contribution in [-0.4, -0.2) is 43.4 Å². The van der Waals surface area contributed by atoms with Gasteiger partial charge in [0.1, 0.15) is 0 Å². The fourth-order valence-electron chi connectivity index (χ4n) is 3.22. The van der Waals surface area contributed by atoms with E-state index >= 15 is 0 Å². The van der Waals surface area contributed by atoms with Gasteiger partial charge in [-0.15, -0.1) is 0 Å². The number of carbonyl (C=O) groups excluding carboxylic acids is 1. The van der Waals surface area contributed by atoms with Crippen LogP contribution in [0.4, 0.5) is 0 Å². The van der Waals surface area contributed by atoms with Crippen molar-refractivity contribution in [3.63, 3.8) is 0 Å². The highest BCUT2D eigenvalue weighted by atomic mass is 16.2. The number of aromatic amines is 2. The van der Waals surface area contributed by atoms with E-state index in [1.54, 1.807) is 30.7 Å². The van der Waals surface area contributed by atoms with Crippen molar-refractivity contribution in [3.05, 3.63) is 53.0 Å². The molecular formula is C16H17N5O2. The van der Waals surface area contributed by atoms with Crippen molar-refractivity contribution in [1.82, 2.24) is 24.4 Å². The zero-order valence-corrected chi connectivity index (χ0v) is 12.5. The highest BCUT2D eigenvalue weighted by molar-refractivity contribution is 5.97. The van der Waals surface area contributed by atoms with E-state index in [9.17, 15) is 9.59 Å². The standard InChI is InChI=1S/C16H17N5O2/c22-15(11-3-4-13-14(8-11)19-16(23)18-13)20-6-1-2-12(9-20)21-7-5-17-10-21/h3-5,7-8,10,12H,1-2,6,9H2,(H2,18,19,23)/t12-/m0/s1.